The first-order chi connectivity index (χ1) is 11.8. The Morgan fingerprint density at radius 2 is 1.46 bits per heavy atom. The van der Waals surface area contributed by atoms with Crippen LogP contribution in [0.2, 0.25) is 0 Å². The second-order valence-corrected chi connectivity index (χ2v) is 8.10. The van der Waals surface area contributed by atoms with Crippen LogP contribution in [0.4, 0.5) is 0 Å². The molecule has 24 heavy (non-hydrogen) atoms. The summed E-state index contributed by atoms with van der Waals surface area (Å²) >= 11 is 1.93. The number of nitrogens with zero attached hydrogens (tertiary/aromatic N) is 2. The van der Waals surface area contributed by atoms with Crippen LogP contribution in [-0.2, 0) is 0 Å². The molecule has 0 radical (unpaired) electrons. The van der Waals surface area contributed by atoms with Gasteiger partial charge in [-0.2, -0.15) is 0 Å². The van der Waals surface area contributed by atoms with E-state index in [4.69, 9.17) is 0 Å². The van der Waals surface area contributed by atoms with E-state index < -0.39 is 0 Å². The Kier molecular flexibility index (Phi) is 4.93. The zero-order valence-corrected chi connectivity index (χ0v) is 15.3. The fourth-order valence-corrected chi connectivity index (χ4v) is 5.10. The first-order valence-electron chi connectivity index (χ1n) is 9.08. The lowest BCUT2D eigenvalue weighted by Crippen LogP contribution is -2.44. The van der Waals surface area contributed by atoms with Gasteiger partial charge in [-0.15, -0.1) is 0 Å². The van der Waals surface area contributed by atoms with Crippen LogP contribution in [0.15, 0.2) is 58.3 Å². The number of benzene rings is 2. The summed E-state index contributed by atoms with van der Waals surface area (Å²) in [5, 5.41) is 0. The van der Waals surface area contributed by atoms with E-state index in [2.05, 4.69) is 65.4 Å². The predicted octanol–water partition coefficient (Wildman–Crippen LogP) is 4.31. The Balaban J connectivity index is 1.46. The SMILES string of the molecule is CN1CCN(CCCC2c3ccccc3Sc3ccccc32)CC1. The van der Waals surface area contributed by atoms with Gasteiger partial charge >= 0.3 is 0 Å². The van der Waals surface area contributed by atoms with Crippen molar-refractivity contribution in [1.29, 1.82) is 0 Å². The molecule has 0 bridgehead atoms. The van der Waals surface area contributed by atoms with Crippen LogP contribution in [0.5, 0.6) is 0 Å². The standard InChI is InChI=1S/C21H26N2S/c1-22-13-15-23(16-14-22)12-6-9-17-18-7-2-4-10-20(18)24-21-11-5-3-8-19(17)21/h2-5,7-8,10-11,17H,6,9,12-16H2,1H3. The maximum absolute atomic E-state index is 2.63. The second kappa shape index (κ2) is 7.30. The first kappa shape index (κ1) is 16.2. The van der Waals surface area contributed by atoms with Crippen molar-refractivity contribution in [1.82, 2.24) is 9.80 Å². The maximum Gasteiger partial charge on any atom is 0.0160 e. The summed E-state index contributed by atoms with van der Waals surface area (Å²) in [5.74, 6) is 0.561. The number of fused-ring (bicyclic) bond motifs is 2. The molecule has 2 aliphatic heterocycles. The van der Waals surface area contributed by atoms with E-state index in [0.717, 1.165) is 0 Å². The number of likely N-dealkylation sites (N-methyl/N-ethyl adjacent to an activating group) is 1. The molecular formula is C21H26N2S. The molecule has 0 spiro atoms. The van der Waals surface area contributed by atoms with Crippen LogP contribution < -0.4 is 0 Å². The lowest BCUT2D eigenvalue weighted by Gasteiger charge is -2.33. The van der Waals surface area contributed by atoms with Gasteiger partial charge in [0.05, 0.1) is 0 Å². The van der Waals surface area contributed by atoms with E-state index in [0.29, 0.717) is 5.92 Å². The average Bonchev–Trinajstić information content (AvgIpc) is 2.63. The molecule has 2 aromatic rings. The van der Waals surface area contributed by atoms with E-state index >= 15 is 0 Å². The zero-order chi connectivity index (χ0) is 16.4. The Bertz CT molecular complexity index is 646. The van der Waals surface area contributed by atoms with Gasteiger partial charge in [-0.05, 0) is 49.7 Å². The molecule has 126 valence electrons. The number of piperazine rings is 1. The molecule has 2 aliphatic rings. The van der Waals surface area contributed by atoms with Crippen LogP contribution in [0.25, 0.3) is 0 Å². The van der Waals surface area contributed by atoms with Gasteiger partial charge < -0.3 is 9.80 Å². The minimum absolute atomic E-state index is 0.561. The highest BCUT2D eigenvalue weighted by Crippen LogP contribution is 2.47. The van der Waals surface area contributed by atoms with Gasteiger partial charge in [-0.25, -0.2) is 0 Å². The van der Waals surface area contributed by atoms with Gasteiger partial charge in [0.1, 0.15) is 0 Å². The van der Waals surface area contributed by atoms with Crippen molar-refractivity contribution in [3.05, 3.63) is 59.7 Å². The molecule has 0 amide bonds. The fourth-order valence-electron chi connectivity index (χ4n) is 3.91. The Morgan fingerprint density at radius 3 is 2.08 bits per heavy atom. The summed E-state index contributed by atoms with van der Waals surface area (Å²) in [5.41, 5.74) is 3.05. The summed E-state index contributed by atoms with van der Waals surface area (Å²) in [7, 11) is 2.23. The minimum Gasteiger partial charge on any atom is -0.304 e. The van der Waals surface area contributed by atoms with Crippen molar-refractivity contribution >= 4 is 11.8 Å². The first-order valence-corrected chi connectivity index (χ1v) is 9.89. The van der Waals surface area contributed by atoms with Gasteiger partial charge in [0.15, 0.2) is 0 Å². The summed E-state index contributed by atoms with van der Waals surface area (Å²) in [6.07, 6.45) is 2.53. The Hall–Kier alpha value is -1.29. The summed E-state index contributed by atoms with van der Waals surface area (Å²) < 4.78 is 0. The second-order valence-electron chi connectivity index (χ2n) is 7.02. The summed E-state index contributed by atoms with van der Waals surface area (Å²) in [4.78, 5) is 7.96. The number of hydrogen-bond donors (Lipinski definition) is 0. The van der Waals surface area contributed by atoms with Crippen molar-refractivity contribution < 1.29 is 0 Å². The third-order valence-corrected chi connectivity index (χ3v) is 6.56. The molecule has 1 fully saturated rings. The van der Waals surface area contributed by atoms with Crippen LogP contribution in [0.3, 0.4) is 0 Å². The van der Waals surface area contributed by atoms with Gasteiger partial charge in [0, 0.05) is 41.9 Å². The van der Waals surface area contributed by atoms with Crippen molar-refractivity contribution in [2.45, 2.75) is 28.6 Å². The third-order valence-electron chi connectivity index (χ3n) is 5.37. The topological polar surface area (TPSA) is 6.48 Å². The van der Waals surface area contributed by atoms with Crippen LogP contribution in [0.1, 0.15) is 29.9 Å². The summed E-state index contributed by atoms with van der Waals surface area (Å²) in [6.45, 7) is 6.12. The third kappa shape index (κ3) is 3.39. The van der Waals surface area contributed by atoms with Crippen molar-refractivity contribution in [3.8, 4) is 0 Å². The fraction of sp³-hybridized carbons (Fsp3) is 0.429. The Labute approximate surface area is 149 Å². The van der Waals surface area contributed by atoms with Crippen molar-refractivity contribution in [2.75, 3.05) is 39.8 Å². The molecule has 0 N–H and O–H groups in total. The summed E-state index contributed by atoms with van der Waals surface area (Å²) in [6, 6.07) is 18.0. The average molecular weight is 339 g/mol. The largest absolute Gasteiger partial charge is 0.304 e. The molecule has 0 atom stereocenters. The molecule has 1 saturated heterocycles. The number of rotatable bonds is 4. The zero-order valence-electron chi connectivity index (χ0n) is 14.4. The molecule has 3 heteroatoms. The van der Waals surface area contributed by atoms with Gasteiger partial charge in [0.2, 0.25) is 0 Å². The molecule has 2 nitrogen and oxygen atoms in total. The van der Waals surface area contributed by atoms with Crippen LogP contribution in [-0.4, -0.2) is 49.6 Å². The lowest BCUT2D eigenvalue weighted by molar-refractivity contribution is 0.151. The smallest absolute Gasteiger partial charge is 0.0160 e. The predicted molar refractivity (Wildman–Crippen MR) is 102 cm³/mol. The molecule has 0 unspecified atom stereocenters. The molecule has 0 aliphatic carbocycles. The molecule has 2 aromatic carbocycles. The van der Waals surface area contributed by atoms with E-state index in [1.807, 2.05) is 11.8 Å². The minimum atomic E-state index is 0.561. The lowest BCUT2D eigenvalue weighted by atomic mass is 9.87. The highest BCUT2D eigenvalue weighted by atomic mass is 32.2. The monoisotopic (exact) mass is 338 g/mol. The number of hydrogen-bond acceptors (Lipinski definition) is 3. The quantitative estimate of drug-likeness (QED) is 0.820. The van der Waals surface area contributed by atoms with Gasteiger partial charge in [-0.1, -0.05) is 48.2 Å². The normalized spacial score (nSPS) is 19.0. The van der Waals surface area contributed by atoms with E-state index in [1.54, 1.807) is 0 Å². The molecular weight excluding hydrogens is 312 g/mol. The van der Waals surface area contributed by atoms with Crippen molar-refractivity contribution in [2.24, 2.45) is 0 Å². The molecule has 4 rings (SSSR count). The highest BCUT2D eigenvalue weighted by Gasteiger charge is 2.25. The van der Waals surface area contributed by atoms with Gasteiger partial charge in [-0.3, -0.25) is 0 Å². The van der Waals surface area contributed by atoms with Gasteiger partial charge in [0.25, 0.3) is 0 Å². The van der Waals surface area contributed by atoms with E-state index in [-0.39, 0.29) is 0 Å². The molecule has 0 aromatic heterocycles. The molecule has 2 heterocycles. The van der Waals surface area contributed by atoms with Crippen LogP contribution >= 0.6 is 11.8 Å². The van der Waals surface area contributed by atoms with Crippen LogP contribution in [0, 0.1) is 0 Å². The van der Waals surface area contributed by atoms with E-state index in [1.165, 1.54) is 66.5 Å². The van der Waals surface area contributed by atoms with Crippen molar-refractivity contribution in [3.63, 3.8) is 0 Å². The maximum atomic E-state index is 2.63. The molecule has 0 saturated carbocycles. The van der Waals surface area contributed by atoms with E-state index in [9.17, 15) is 0 Å². The highest BCUT2D eigenvalue weighted by molar-refractivity contribution is 7.99. The Morgan fingerprint density at radius 1 is 0.875 bits per heavy atom.